The zero-order valence-electron chi connectivity index (χ0n) is 17.1. The van der Waals surface area contributed by atoms with Crippen molar-refractivity contribution in [3.63, 3.8) is 0 Å². The van der Waals surface area contributed by atoms with Crippen LogP contribution in [0.3, 0.4) is 0 Å². The van der Waals surface area contributed by atoms with Crippen LogP contribution in [0.2, 0.25) is 0 Å². The normalized spacial score (nSPS) is 13.6. The molecule has 0 saturated heterocycles. The fourth-order valence-corrected chi connectivity index (χ4v) is 3.02. The van der Waals surface area contributed by atoms with Crippen molar-refractivity contribution >= 4 is 11.0 Å². The average Bonchev–Trinajstić information content (AvgIpc) is 2.59. The molecule has 1 atom stereocenters. The number of hydrogen-bond donors (Lipinski definition) is 1. The lowest BCUT2D eigenvalue weighted by molar-refractivity contribution is -0.0841. The second-order valence-corrected chi connectivity index (χ2v) is 7.88. The molecule has 5 heteroatoms. The van der Waals surface area contributed by atoms with Gasteiger partial charge in [-0.15, -0.1) is 6.58 Å². The van der Waals surface area contributed by atoms with Gasteiger partial charge in [0.15, 0.2) is 0 Å². The molecule has 0 spiro atoms. The topological polar surface area (TPSA) is 68.9 Å². The minimum atomic E-state index is -1.00. The van der Waals surface area contributed by atoms with E-state index >= 15 is 0 Å². The summed E-state index contributed by atoms with van der Waals surface area (Å²) in [6.07, 6.45) is 1.80. The number of fused-ring (bicyclic) bond motifs is 1. The first-order valence-corrected chi connectivity index (χ1v) is 9.16. The summed E-state index contributed by atoms with van der Waals surface area (Å²) in [5, 5.41) is 11.2. The summed E-state index contributed by atoms with van der Waals surface area (Å²) >= 11 is 0. The van der Waals surface area contributed by atoms with Crippen molar-refractivity contribution < 1.29 is 19.0 Å². The van der Waals surface area contributed by atoms with E-state index in [4.69, 9.17) is 13.9 Å². The van der Waals surface area contributed by atoms with Gasteiger partial charge in [-0.25, -0.2) is 4.79 Å². The third-order valence-electron chi connectivity index (χ3n) is 4.90. The van der Waals surface area contributed by atoms with Crippen molar-refractivity contribution in [2.75, 3.05) is 13.7 Å². The van der Waals surface area contributed by atoms with Crippen LogP contribution in [-0.2, 0) is 16.6 Å². The van der Waals surface area contributed by atoms with E-state index in [0.717, 1.165) is 10.9 Å². The SMILES string of the molecule is C=CC(C)(C)c1cc2cc(C[C@@H](OCC)C(C)(C)O)c(OC)cc2oc1=O. The summed E-state index contributed by atoms with van der Waals surface area (Å²) in [5.74, 6) is 0.593. The lowest BCUT2D eigenvalue weighted by Gasteiger charge is -2.29. The molecule has 5 nitrogen and oxygen atoms in total. The zero-order chi connectivity index (χ0) is 20.4. The molecule has 148 valence electrons. The van der Waals surface area contributed by atoms with Gasteiger partial charge in [0.1, 0.15) is 11.3 Å². The van der Waals surface area contributed by atoms with Crippen LogP contribution < -0.4 is 10.4 Å². The van der Waals surface area contributed by atoms with Gasteiger partial charge in [-0.05, 0) is 38.5 Å². The summed E-state index contributed by atoms with van der Waals surface area (Å²) < 4.78 is 16.8. The Balaban J connectivity index is 2.61. The Labute approximate surface area is 160 Å². The number of rotatable bonds is 8. The molecule has 1 heterocycles. The van der Waals surface area contributed by atoms with Gasteiger partial charge >= 0.3 is 5.63 Å². The molecule has 0 aliphatic rings. The third-order valence-corrected chi connectivity index (χ3v) is 4.90. The summed E-state index contributed by atoms with van der Waals surface area (Å²) in [7, 11) is 1.57. The summed E-state index contributed by atoms with van der Waals surface area (Å²) in [5.41, 5.74) is -0.0107. The molecule has 1 N–H and O–H groups in total. The number of allylic oxidation sites excluding steroid dienone is 1. The molecule has 0 saturated carbocycles. The Morgan fingerprint density at radius 3 is 2.44 bits per heavy atom. The van der Waals surface area contributed by atoms with Crippen molar-refractivity contribution in [1.29, 1.82) is 0 Å². The standard InChI is InChI=1S/C22H30O5/c1-8-21(3,4)16-11-14-10-15(12-19(26-9-2)22(5,6)24)17(25-7)13-18(14)27-20(16)23/h8,10-11,13,19,24H,1,9,12H2,2-7H3/t19-/m1/s1. The molecule has 0 radical (unpaired) electrons. The first-order valence-electron chi connectivity index (χ1n) is 9.16. The smallest absolute Gasteiger partial charge is 0.340 e. The van der Waals surface area contributed by atoms with Gasteiger partial charge < -0.3 is 19.0 Å². The highest BCUT2D eigenvalue weighted by molar-refractivity contribution is 5.80. The predicted octanol–water partition coefficient (Wildman–Crippen LogP) is 3.98. The highest BCUT2D eigenvalue weighted by atomic mass is 16.5. The van der Waals surface area contributed by atoms with Gasteiger partial charge in [-0.1, -0.05) is 19.9 Å². The molecular weight excluding hydrogens is 344 g/mol. The van der Waals surface area contributed by atoms with Crippen LogP contribution in [0.1, 0.15) is 45.7 Å². The molecule has 0 aliphatic heterocycles. The van der Waals surface area contributed by atoms with Gasteiger partial charge in [-0.3, -0.25) is 0 Å². The summed E-state index contributed by atoms with van der Waals surface area (Å²) in [4.78, 5) is 12.4. The molecule has 0 unspecified atom stereocenters. The predicted molar refractivity (Wildman–Crippen MR) is 108 cm³/mol. The molecule has 0 aliphatic carbocycles. The molecule has 2 aromatic rings. The summed E-state index contributed by atoms with van der Waals surface area (Å²) in [6.45, 7) is 13.5. The van der Waals surface area contributed by atoms with Crippen molar-refractivity contribution in [2.45, 2.75) is 58.2 Å². The van der Waals surface area contributed by atoms with Crippen LogP contribution in [0.15, 0.2) is 40.1 Å². The van der Waals surface area contributed by atoms with Gasteiger partial charge in [0.2, 0.25) is 0 Å². The van der Waals surface area contributed by atoms with Crippen LogP contribution in [0.5, 0.6) is 5.75 Å². The Morgan fingerprint density at radius 1 is 1.26 bits per heavy atom. The van der Waals surface area contributed by atoms with Crippen LogP contribution in [0.25, 0.3) is 11.0 Å². The van der Waals surface area contributed by atoms with Crippen molar-refractivity contribution in [3.8, 4) is 5.75 Å². The summed E-state index contributed by atoms with van der Waals surface area (Å²) in [6, 6.07) is 5.48. The third kappa shape index (κ3) is 4.60. The highest BCUT2D eigenvalue weighted by Crippen LogP contribution is 2.31. The molecule has 0 amide bonds. The molecule has 0 bridgehead atoms. The Bertz CT molecular complexity index is 871. The highest BCUT2D eigenvalue weighted by Gasteiger charge is 2.29. The minimum Gasteiger partial charge on any atom is -0.496 e. The van der Waals surface area contributed by atoms with Crippen molar-refractivity contribution in [2.24, 2.45) is 0 Å². The Kier molecular flexibility index (Phi) is 6.17. The number of hydrogen-bond acceptors (Lipinski definition) is 5. The quantitative estimate of drug-likeness (QED) is 0.559. The van der Waals surface area contributed by atoms with E-state index in [2.05, 4.69) is 6.58 Å². The second-order valence-electron chi connectivity index (χ2n) is 7.88. The van der Waals surface area contributed by atoms with Crippen LogP contribution >= 0.6 is 0 Å². The number of ether oxygens (including phenoxy) is 2. The van der Waals surface area contributed by atoms with Crippen LogP contribution in [0, 0.1) is 0 Å². The maximum absolute atomic E-state index is 12.4. The van der Waals surface area contributed by atoms with E-state index in [1.807, 2.05) is 32.9 Å². The molecule has 1 aromatic carbocycles. The van der Waals surface area contributed by atoms with E-state index in [1.54, 1.807) is 33.1 Å². The average molecular weight is 374 g/mol. The van der Waals surface area contributed by atoms with E-state index in [-0.39, 0.29) is 5.63 Å². The maximum Gasteiger partial charge on any atom is 0.340 e. The lowest BCUT2D eigenvalue weighted by atomic mass is 9.85. The first-order chi connectivity index (χ1) is 12.5. The number of methoxy groups -OCH3 is 1. The zero-order valence-corrected chi connectivity index (χ0v) is 17.1. The van der Waals surface area contributed by atoms with Gasteiger partial charge in [0, 0.05) is 35.5 Å². The Morgan fingerprint density at radius 2 is 1.93 bits per heavy atom. The van der Waals surface area contributed by atoms with E-state index in [0.29, 0.717) is 29.9 Å². The number of aliphatic hydroxyl groups is 1. The first kappa shape index (κ1) is 21.2. The Hall–Kier alpha value is -2.11. The lowest BCUT2D eigenvalue weighted by Crippen LogP contribution is -2.40. The van der Waals surface area contributed by atoms with Crippen LogP contribution in [-0.4, -0.2) is 30.5 Å². The van der Waals surface area contributed by atoms with Gasteiger partial charge in [0.05, 0.1) is 18.8 Å². The monoisotopic (exact) mass is 374 g/mol. The molecule has 0 fully saturated rings. The molecular formula is C22H30O5. The molecule has 2 rings (SSSR count). The maximum atomic E-state index is 12.4. The van der Waals surface area contributed by atoms with E-state index in [1.165, 1.54) is 0 Å². The van der Waals surface area contributed by atoms with Crippen LogP contribution in [0.4, 0.5) is 0 Å². The largest absolute Gasteiger partial charge is 0.496 e. The number of benzene rings is 1. The van der Waals surface area contributed by atoms with E-state index < -0.39 is 17.1 Å². The van der Waals surface area contributed by atoms with E-state index in [9.17, 15) is 9.90 Å². The second kappa shape index (κ2) is 7.87. The van der Waals surface area contributed by atoms with Crippen molar-refractivity contribution in [1.82, 2.24) is 0 Å². The minimum absolute atomic E-state index is 0.383. The molecule has 27 heavy (non-hydrogen) atoms. The fourth-order valence-electron chi connectivity index (χ4n) is 3.02. The van der Waals surface area contributed by atoms with Crippen molar-refractivity contribution in [3.05, 3.63) is 52.4 Å². The van der Waals surface area contributed by atoms with Gasteiger partial charge in [-0.2, -0.15) is 0 Å². The van der Waals surface area contributed by atoms with Gasteiger partial charge in [0.25, 0.3) is 0 Å². The molecule has 1 aromatic heterocycles. The fraction of sp³-hybridized carbons (Fsp3) is 0.500.